The number of aromatic nitrogens is 3. The molecule has 1 aliphatic heterocycles. The fraction of sp³-hybridized carbons (Fsp3) is 0.304. The predicted octanol–water partition coefficient (Wildman–Crippen LogP) is 4.21. The fourth-order valence-corrected chi connectivity index (χ4v) is 5.63. The Morgan fingerprint density at radius 1 is 1.12 bits per heavy atom. The first kappa shape index (κ1) is 21.0. The Kier molecular flexibility index (Phi) is 6.11. The van der Waals surface area contributed by atoms with Gasteiger partial charge in [0.1, 0.15) is 11.4 Å². The Labute approximate surface area is 193 Å². The molecule has 0 radical (unpaired) electrons. The summed E-state index contributed by atoms with van der Waals surface area (Å²) in [6.45, 7) is 2.92. The van der Waals surface area contributed by atoms with Gasteiger partial charge in [0.15, 0.2) is 5.13 Å². The van der Waals surface area contributed by atoms with Gasteiger partial charge in [-0.3, -0.25) is 19.1 Å². The number of thiazole rings is 1. The highest BCUT2D eigenvalue weighted by Gasteiger charge is 2.15. The molecular formula is C23H23N5O2S2. The fourth-order valence-electron chi connectivity index (χ4n) is 3.91. The van der Waals surface area contributed by atoms with E-state index in [1.807, 2.05) is 41.8 Å². The number of amides is 1. The molecule has 7 nitrogen and oxygen atoms in total. The Bertz CT molecular complexity index is 1290. The summed E-state index contributed by atoms with van der Waals surface area (Å²) >= 11 is 2.89. The van der Waals surface area contributed by atoms with Gasteiger partial charge in [-0.2, -0.15) is 0 Å². The van der Waals surface area contributed by atoms with Crippen LogP contribution in [-0.2, 0) is 17.9 Å². The molecule has 0 bridgehead atoms. The number of rotatable bonds is 6. The van der Waals surface area contributed by atoms with E-state index in [-0.39, 0.29) is 18.0 Å². The van der Waals surface area contributed by atoms with Crippen LogP contribution in [0.25, 0.3) is 20.7 Å². The third-order valence-corrected chi connectivity index (χ3v) is 7.42. The number of likely N-dealkylation sites (tertiary alicyclic amines) is 1. The lowest BCUT2D eigenvalue weighted by Gasteiger charge is -2.25. The highest BCUT2D eigenvalue weighted by atomic mass is 32.1. The molecule has 4 aromatic rings. The Morgan fingerprint density at radius 3 is 2.75 bits per heavy atom. The minimum atomic E-state index is -0.286. The van der Waals surface area contributed by atoms with Crippen LogP contribution in [0.1, 0.15) is 25.0 Å². The van der Waals surface area contributed by atoms with Crippen molar-refractivity contribution in [2.24, 2.45) is 0 Å². The normalized spacial score (nSPS) is 14.6. The van der Waals surface area contributed by atoms with E-state index in [9.17, 15) is 9.59 Å². The molecule has 0 unspecified atom stereocenters. The zero-order valence-corrected chi connectivity index (χ0v) is 19.1. The smallest absolute Gasteiger partial charge is 0.262 e. The summed E-state index contributed by atoms with van der Waals surface area (Å²) in [7, 11) is 0. The highest BCUT2D eigenvalue weighted by molar-refractivity contribution is 7.21. The van der Waals surface area contributed by atoms with Crippen LogP contribution in [0, 0.1) is 0 Å². The first-order chi connectivity index (χ1) is 15.7. The van der Waals surface area contributed by atoms with Crippen molar-refractivity contribution >= 4 is 43.9 Å². The first-order valence-electron chi connectivity index (χ1n) is 10.7. The number of thiophene rings is 1. The van der Waals surface area contributed by atoms with Gasteiger partial charge < -0.3 is 5.32 Å². The Hall–Kier alpha value is -2.88. The maximum atomic E-state index is 12.9. The third-order valence-electron chi connectivity index (χ3n) is 5.52. The molecule has 3 aromatic heterocycles. The molecule has 1 aliphatic rings. The van der Waals surface area contributed by atoms with Crippen LogP contribution in [0.5, 0.6) is 0 Å². The molecule has 1 amide bonds. The largest absolute Gasteiger partial charge is 0.300 e. The Balaban J connectivity index is 1.26. The number of piperidine rings is 1. The van der Waals surface area contributed by atoms with Gasteiger partial charge in [0.2, 0.25) is 5.91 Å². The van der Waals surface area contributed by atoms with Crippen molar-refractivity contribution in [2.75, 3.05) is 18.4 Å². The number of hydrogen-bond acceptors (Lipinski definition) is 7. The van der Waals surface area contributed by atoms with Gasteiger partial charge >= 0.3 is 0 Å². The second kappa shape index (κ2) is 9.32. The van der Waals surface area contributed by atoms with Crippen molar-refractivity contribution in [2.45, 2.75) is 32.4 Å². The lowest BCUT2D eigenvalue weighted by Crippen LogP contribution is -2.29. The number of carbonyl (C=O) groups excluding carboxylic acids is 1. The second-order valence-electron chi connectivity index (χ2n) is 7.90. The van der Waals surface area contributed by atoms with E-state index in [0.29, 0.717) is 15.3 Å². The number of nitrogens with zero attached hydrogens (tertiary/aromatic N) is 4. The van der Waals surface area contributed by atoms with Gasteiger partial charge in [-0.25, -0.2) is 9.97 Å². The number of anilines is 1. The highest BCUT2D eigenvalue weighted by Crippen LogP contribution is 2.30. The summed E-state index contributed by atoms with van der Waals surface area (Å²) in [6.07, 6.45) is 5.21. The van der Waals surface area contributed by atoms with Crippen LogP contribution < -0.4 is 10.9 Å². The predicted molar refractivity (Wildman–Crippen MR) is 129 cm³/mol. The SMILES string of the molecule is O=C(Cn1cnc2sc(-c3ccccc3)cc2c1=O)Nc1nc(CN2CCCCC2)cs1. The molecule has 1 aromatic carbocycles. The molecule has 4 heterocycles. The number of fused-ring (bicyclic) bond motifs is 1. The van der Waals surface area contributed by atoms with Crippen molar-refractivity contribution in [3.8, 4) is 10.4 Å². The molecule has 0 atom stereocenters. The van der Waals surface area contributed by atoms with Crippen molar-refractivity contribution in [3.63, 3.8) is 0 Å². The number of benzene rings is 1. The minimum Gasteiger partial charge on any atom is -0.300 e. The zero-order valence-electron chi connectivity index (χ0n) is 17.5. The number of carbonyl (C=O) groups is 1. The van der Waals surface area contributed by atoms with E-state index in [1.54, 1.807) is 0 Å². The van der Waals surface area contributed by atoms with Crippen molar-refractivity contribution in [3.05, 3.63) is 64.2 Å². The van der Waals surface area contributed by atoms with Gasteiger partial charge in [-0.05, 0) is 37.6 Å². The van der Waals surface area contributed by atoms with E-state index in [4.69, 9.17) is 0 Å². The average molecular weight is 466 g/mol. The summed E-state index contributed by atoms with van der Waals surface area (Å²) < 4.78 is 1.35. The molecule has 1 N–H and O–H groups in total. The van der Waals surface area contributed by atoms with Crippen LogP contribution in [-0.4, -0.2) is 38.4 Å². The lowest BCUT2D eigenvalue weighted by atomic mass is 10.1. The van der Waals surface area contributed by atoms with Gasteiger partial charge in [0, 0.05) is 16.8 Å². The summed E-state index contributed by atoms with van der Waals surface area (Å²) in [4.78, 5) is 38.5. The topological polar surface area (TPSA) is 80.1 Å². The average Bonchev–Trinajstić information content (AvgIpc) is 3.44. The maximum absolute atomic E-state index is 12.9. The van der Waals surface area contributed by atoms with Crippen molar-refractivity contribution in [1.82, 2.24) is 19.4 Å². The summed E-state index contributed by atoms with van der Waals surface area (Å²) in [5.41, 5.74) is 1.80. The van der Waals surface area contributed by atoms with E-state index in [0.717, 1.165) is 35.8 Å². The van der Waals surface area contributed by atoms with Gasteiger partial charge in [-0.15, -0.1) is 22.7 Å². The minimum absolute atomic E-state index is 0.0979. The monoisotopic (exact) mass is 465 g/mol. The quantitative estimate of drug-likeness (QED) is 0.462. The summed E-state index contributed by atoms with van der Waals surface area (Å²) in [5.74, 6) is -0.286. The van der Waals surface area contributed by atoms with Gasteiger partial charge in [-0.1, -0.05) is 36.8 Å². The molecule has 5 rings (SSSR count). The van der Waals surface area contributed by atoms with E-state index < -0.39 is 0 Å². The molecular weight excluding hydrogens is 442 g/mol. The van der Waals surface area contributed by atoms with Crippen LogP contribution in [0.15, 0.2) is 52.9 Å². The third kappa shape index (κ3) is 4.64. The lowest BCUT2D eigenvalue weighted by molar-refractivity contribution is -0.116. The first-order valence-corrected chi connectivity index (χ1v) is 12.4. The summed E-state index contributed by atoms with van der Waals surface area (Å²) in [6, 6.07) is 11.7. The van der Waals surface area contributed by atoms with Crippen LogP contribution in [0.3, 0.4) is 0 Å². The van der Waals surface area contributed by atoms with E-state index >= 15 is 0 Å². The van der Waals surface area contributed by atoms with Crippen LogP contribution >= 0.6 is 22.7 Å². The second-order valence-corrected chi connectivity index (χ2v) is 9.79. The summed E-state index contributed by atoms with van der Waals surface area (Å²) in [5, 5.41) is 5.90. The van der Waals surface area contributed by atoms with Crippen molar-refractivity contribution in [1.29, 1.82) is 0 Å². The molecule has 9 heteroatoms. The molecule has 164 valence electrons. The van der Waals surface area contributed by atoms with Crippen LogP contribution in [0.4, 0.5) is 5.13 Å². The molecule has 1 saturated heterocycles. The van der Waals surface area contributed by atoms with Gasteiger partial charge in [0.05, 0.1) is 17.4 Å². The molecule has 0 saturated carbocycles. The molecule has 1 fully saturated rings. The van der Waals surface area contributed by atoms with E-state index in [1.165, 1.54) is 52.8 Å². The number of hydrogen-bond donors (Lipinski definition) is 1. The maximum Gasteiger partial charge on any atom is 0.262 e. The molecule has 0 spiro atoms. The van der Waals surface area contributed by atoms with E-state index in [2.05, 4.69) is 20.2 Å². The molecule has 0 aliphatic carbocycles. The van der Waals surface area contributed by atoms with Crippen molar-refractivity contribution < 1.29 is 4.79 Å². The standard InChI is InChI=1S/C23H23N5O2S2/c29-20(26-23-25-17(14-31-23)12-27-9-5-2-6-10-27)13-28-15-24-21-18(22(28)30)11-19(32-21)16-7-3-1-4-8-16/h1,3-4,7-8,11,14-15H,2,5-6,9-10,12-13H2,(H,25,26,29). The number of nitrogens with one attached hydrogen (secondary N) is 1. The zero-order chi connectivity index (χ0) is 21.9. The molecule has 32 heavy (non-hydrogen) atoms. The van der Waals surface area contributed by atoms with Crippen LogP contribution in [0.2, 0.25) is 0 Å². The Morgan fingerprint density at radius 2 is 1.94 bits per heavy atom. The van der Waals surface area contributed by atoms with Gasteiger partial charge in [0.25, 0.3) is 5.56 Å².